The predicted octanol–water partition coefficient (Wildman–Crippen LogP) is 3.89. The Kier molecular flexibility index (Phi) is 5.39. The van der Waals surface area contributed by atoms with E-state index in [1.807, 2.05) is 29.2 Å². The van der Waals surface area contributed by atoms with Gasteiger partial charge in [0.05, 0.1) is 0 Å². The first kappa shape index (κ1) is 18.6. The van der Waals surface area contributed by atoms with Crippen LogP contribution in [0.15, 0.2) is 42.5 Å². The van der Waals surface area contributed by atoms with Gasteiger partial charge in [0.2, 0.25) is 6.79 Å². The number of rotatable bonds is 4. The number of benzene rings is 2. The molecule has 1 fully saturated rings. The van der Waals surface area contributed by atoms with Crippen LogP contribution in [0, 0.1) is 0 Å². The number of nitrogens with one attached hydrogen (secondary N) is 1. The first-order valence-corrected chi connectivity index (χ1v) is 9.85. The van der Waals surface area contributed by atoms with Crippen molar-refractivity contribution in [3.63, 3.8) is 0 Å². The third-order valence-electron chi connectivity index (χ3n) is 5.33. The van der Waals surface area contributed by atoms with Gasteiger partial charge in [0.25, 0.3) is 0 Å². The lowest BCUT2D eigenvalue weighted by atomic mass is 10.0. The molecule has 0 aliphatic carbocycles. The zero-order chi connectivity index (χ0) is 19.5. The van der Waals surface area contributed by atoms with Gasteiger partial charge in [-0.25, -0.2) is 4.79 Å². The van der Waals surface area contributed by atoms with Gasteiger partial charge in [-0.2, -0.15) is 0 Å². The van der Waals surface area contributed by atoms with Crippen molar-refractivity contribution >= 4 is 11.7 Å². The van der Waals surface area contributed by atoms with Gasteiger partial charge in [-0.3, -0.25) is 4.90 Å². The first-order chi connectivity index (χ1) is 13.6. The second-order valence-electron chi connectivity index (χ2n) is 7.66. The lowest BCUT2D eigenvalue weighted by Crippen LogP contribution is -2.49. The number of ether oxygens (including phenoxy) is 2. The molecule has 0 aromatic heterocycles. The number of amides is 2. The van der Waals surface area contributed by atoms with Gasteiger partial charge < -0.3 is 19.7 Å². The van der Waals surface area contributed by atoms with Crippen LogP contribution in [0.2, 0.25) is 0 Å². The average Bonchev–Trinajstić information content (AvgIpc) is 3.17. The summed E-state index contributed by atoms with van der Waals surface area (Å²) in [5.41, 5.74) is 3.32. The summed E-state index contributed by atoms with van der Waals surface area (Å²) >= 11 is 0. The average molecular weight is 381 g/mol. The lowest BCUT2D eigenvalue weighted by molar-refractivity contribution is 0.143. The summed E-state index contributed by atoms with van der Waals surface area (Å²) in [6.45, 7) is 8.63. The molecular formula is C22H27N3O3. The molecule has 2 aromatic rings. The van der Waals surface area contributed by atoms with Gasteiger partial charge in [0.15, 0.2) is 11.5 Å². The maximum atomic E-state index is 12.5. The van der Waals surface area contributed by atoms with E-state index in [9.17, 15) is 4.79 Å². The van der Waals surface area contributed by atoms with E-state index in [1.165, 1.54) is 11.1 Å². The molecule has 4 rings (SSSR count). The lowest BCUT2D eigenvalue weighted by Gasteiger charge is -2.34. The van der Waals surface area contributed by atoms with Crippen molar-refractivity contribution in [3.8, 4) is 11.5 Å². The van der Waals surface area contributed by atoms with Gasteiger partial charge in [0.1, 0.15) is 0 Å². The van der Waals surface area contributed by atoms with E-state index in [4.69, 9.17) is 9.47 Å². The van der Waals surface area contributed by atoms with Crippen LogP contribution in [0.3, 0.4) is 0 Å². The first-order valence-electron chi connectivity index (χ1n) is 9.85. The number of piperazine rings is 1. The number of hydrogen-bond donors (Lipinski definition) is 1. The SMILES string of the molecule is CC(C)c1ccc(NC(=O)N2CCN(Cc3ccc4c(c3)OCO4)CC2)cc1. The monoisotopic (exact) mass is 381 g/mol. The number of anilines is 1. The van der Waals surface area contributed by atoms with Crippen LogP contribution in [0.5, 0.6) is 11.5 Å². The Morgan fingerprint density at radius 1 is 1.00 bits per heavy atom. The van der Waals surface area contributed by atoms with Crippen LogP contribution in [0.4, 0.5) is 10.5 Å². The topological polar surface area (TPSA) is 54.0 Å². The number of carbonyl (C=O) groups excluding carboxylic acids is 1. The molecule has 2 heterocycles. The quantitative estimate of drug-likeness (QED) is 0.873. The fraction of sp³-hybridized carbons (Fsp3) is 0.409. The molecule has 2 amide bonds. The normalized spacial score (nSPS) is 16.5. The van der Waals surface area contributed by atoms with Gasteiger partial charge >= 0.3 is 6.03 Å². The third-order valence-corrected chi connectivity index (χ3v) is 5.33. The van der Waals surface area contributed by atoms with Crippen molar-refractivity contribution in [3.05, 3.63) is 53.6 Å². The van der Waals surface area contributed by atoms with Crippen molar-refractivity contribution in [2.45, 2.75) is 26.3 Å². The predicted molar refractivity (Wildman–Crippen MR) is 109 cm³/mol. The largest absolute Gasteiger partial charge is 0.454 e. The molecule has 2 aromatic carbocycles. The Morgan fingerprint density at radius 2 is 1.71 bits per heavy atom. The van der Waals surface area contributed by atoms with E-state index >= 15 is 0 Å². The van der Waals surface area contributed by atoms with Crippen LogP contribution in [0.1, 0.15) is 30.9 Å². The smallest absolute Gasteiger partial charge is 0.321 e. The minimum atomic E-state index is -0.0278. The Hall–Kier alpha value is -2.73. The van der Waals surface area contributed by atoms with Crippen LogP contribution in [0.25, 0.3) is 0 Å². The number of urea groups is 1. The molecule has 0 unspecified atom stereocenters. The molecule has 0 saturated carbocycles. The highest BCUT2D eigenvalue weighted by Gasteiger charge is 2.22. The van der Waals surface area contributed by atoms with Gasteiger partial charge in [-0.15, -0.1) is 0 Å². The van der Waals surface area contributed by atoms with Crippen LogP contribution >= 0.6 is 0 Å². The summed E-state index contributed by atoms with van der Waals surface area (Å²) in [5.74, 6) is 2.12. The Bertz CT molecular complexity index is 827. The number of nitrogens with zero attached hydrogens (tertiary/aromatic N) is 2. The summed E-state index contributed by atoms with van der Waals surface area (Å²) in [4.78, 5) is 16.8. The van der Waals surface area contributed by atoms with E-state index in [0.29, 0.717) is 12.7 Å². The van der Waals surface area contributed by atoms with Gasteiger partial charge in [0, 0.05) is 38.4 Å². The summed E-state index contributed by atoms with van der Waals surface area (Å²) in [6.07, 6.45) is 0. The molecule has 1 saturated heterocycles. The standard InChI is InChI=1S/C22H27N3O3/c1-16(2)18-4-6-19(7-5-18)23-22(26)25-11-9-24(10-12-25)14-17-3-8-20-21(13-17)28-15-27-20/h3-8,13,16H,9-12,14-15H2,1-2H3,(H,23,26). The molecule has 0 atom stereocenters. The molecule has 2 aliphatic heterocycles. The molecule has 0 spiro atoms. The Morgan fingerprint density at radius 3 is 2.43 bits per heavy atom. The summed E-state index contributed by atoms with van der Waals surface area (Å²) < 4.78 is 10.8. The van der Waals surface area contributed by atoms with E-state index in [2.05, 4.69) is 42.3 Å². The van der Waals surface area contributed by atoms with Crippen molar-refractivity contribution in [2.24, 2.45) is 0 Å². The maximum absolute atomic E-state index is 12.5. The van der Waals surface area contributed by atoms with Gasteiger partial charge in [-0.1, -0.05) is 32.0 Å². The molecule has 148 valence electrons. The van der Waals surface area contributed by atoms with E-state index in [0.717, 1.165) is 49.9 Å². The summed E-state index contributed by atoms with van der Waals surface area (Å²) in [5, 5.41) is 3.01. The molecule has 1 N–H and O–H groups in total. The zero-order valence-electron chi connectivity index (χ0n) is 16.5. The molecule has 0 radical (unpaired) electrons. The summed E-state index contributed by atoms with van der Waals surface area (Å²) in [7, 11) is 0. The number of carbonyl (C=O) groups is 1. The number of hydrogen-bond acceptors (Lipinski definition) is 4. The zero-order valence-corrected chi connectivity index (χ0v) is 16.5. The molecule has 28 heavy (non-hydrogen) atoms. The minimum absolute atomic E-state index is 0.0278. The highest BCUT2D eigenvalue weighted by atomic mass is 16.7. The second-order valence-corrected chi connectivity index (χ2v) is 7.66. The van der Waals surface area contributed by atoms with Gasteiger partial charge in [-0.05, 0) is 41.3 Å². The van der Waals surface area contributed by atoms with Crippen LogP contribution in [-0.2, 0) is 6.54 Å². The minimum Gasteiger partial charge on any atom is -0.454 e. The van der Waals surface area contributed by atoms with Crippen molar-refractivity contribution < 1.29 is 14.3 Å². The maximum Gasteiger partial charge on any atom is 0.321 e. The molecule has 6 nitrogen and oxygen atoms in total. The van der Waals surface area contributed by atoms with Crippen molar-refractivity contribution in [2.75, 3.05) is 38.3 Å². The molecule has 0 bridgehead atoms. The Labute approximate surface area is 166 Å². The van der Waals surface area contributed by atoms with Crippen molar-refractivity contribution in [1.29, 1.82) is 0 Å². The summed E-state index contributed by atoms with van der Waals surface area (Å²) in [6, 6.07) is 14.2. The number of fused-ring (bicyclic) bond motifs is 1. The third kappa shape index (κ3) is 4.22. The molecule has 6 heteroatoms. The fourth-order valence-electron chi connectivity index (χ4n) is 3.56. The van der Waals surface area contributed by atoms with Crippen LogP contribution < -0.4 is 14.8 Å². The highest BCUT2D eigenvalue weighted by Crippen LogP contribution is 2.32. The molecular weight excluding hydrogens is 354 g/mol. The van der Waals surface area contributed by atoms with E-state index in [1.54, 1.807) is 0 Å². The van der Waals surface area contributed by atoms with Crippen molar-refractivity contribution in [1.82, 2.24) is 9.80 Å². The molecule has 2 aliphatic rings. The highest BCUT2D eigenvalue weighted by molar-refractivity contribution is 5.89. The Balaban J connectivity index is 1.27. The van der Waals surface area contributed by atoms with E-state index < -0.39 is 0 Å². The van der Waals surface area contributed by atoms with E-state index in [-0.39, 0.29) is 6.03 Å². The van der Waals surface area contributed by atoms with Crippen LogP contribution in [-0.4, -0.2) is 48.8 Å². The fourth-order valence-corrected chi connectivity index (χ4v) is 3.56. The second kappa shape index (κ2) is 8.10.